The topological polar surface area (TPSA) is 31.6 Å². The Morgan fingerprint density at radius 3 is 2.72 bits per heavy atom. The van der Waals surface area contributed by atoms with Gasteiger partial charge in [0.25, 0.3) is 0 Å². The van der Waals surface area contributed by atoms with Crippen LogP contribution in [0.3, 0.4) is 0 Å². The lowest BCUT2D eigenvalue weighted by Gasteiger charge is -2.29. The molecule has 104 valence electrons. The minimum Gasteiger partial charge on any atom is -0.468 e. The first-order valence-electron chi connectivity index (χ1n) is 6.75. The molecule has 0 aliphatic carbocycles. The van der Waals surface area contributed by atoms with Crippen LogP contribution in [-0.2, 0) is 6.54 Å². The lowest BCUT2D eigenvalue weighted by molar-refractivity contribution is 0.182. The van der Waals surface area contributed by atoms with E-state index < -0.39 is 0 Å². The van der Waals surface area contributed by atoms with Crippen molar-refractivity contribution in [1.29, 1.82) is 0 Å². The summed E-state index contributed by atoms with van der Waals surface area (Å²) in [6, 6.07) is 4.52. The molecule has 0 aliphatic heterocycles. The van der Waals surface area contributed by atoms with E-state index in [0.717, 1.165) is 38.5 Å². The van der Waals surface area contributed by atoms with Gasteiger partial charge in [0, 0.05) is 25.7 Å². The largest absolute Gasteiger partial charge is 0.468 e. The van der Waals surface area contributed by atoms with E-state index in [-0.39, 0.29) is 0 Å². The van der Waals surface area contributed by atoms with Gasteiger partial charge in [-0.25, -0.2) is 0 Å². The van der Waals surface area contributed by atoms with Gasteiger partial charge in [-0.15, -0.1) is 0 Å². The van der Waals surface area contributed by atoms with Crippen LogP contribution in [0.2, 0.25) is 0 Å². The number of nitrogens with zero attached hydrogens (tertiary/aromatic N) is 2. The molecule has 0 bridgehead atoms. The lowest BCUT2D eigenvalue weighted by Crippen LogP contribution is -2.43. The first-order valence-corrected chi connectivity index (χ1v) is 6.75. The summed E-state index contributed by atoms with van der Waals surface area (Å²) in [5.74, 6) is 0.999. The number of hydrogen-bond acceptors (Lipinski definition) is 4. The third-order valence-corrected chi connectivity index (χ3v) is 3.11. The average Bonchev–Trinajstić information content (AvgIpc) is 2.81. The predicted molar refractivity (Wildman–Crippen MR) is 75.7 cm³/mol. The molecule has 0 aromatic carbocycles. The Hall–Kier alpha value is -0.840. The fraction of sp³-hybridized carbons (Fsp3) is 0.714. The van der Waals surface area contributed by atoms with Crippen LogP contribution >= 0.6 is 0 Å². The quantitative estimate of drug-likeness (QED) is 0.678. The molecular weight excluding hydrogens is 226 g/mol. The molecule has 1 aromatic rings. The molecule has 0 amide bonds. The second kappa shape index (κ2) is 8.29. The summed E-state index contributed by atoms with van der Waals surface area (Å²) in [5, 5.41) is 3.41. The SMILES string of the molecule is CCN(CCNCc1ccco1)C(C)CN(C)C. The Morgan fingerprint density at radius 1 is 1.39 bits per heavy atom. The normalized spacial score (nSPS) is 13.4. The summed E-state index contributed by atoms with van der Waals surface area (Å²) < 4.78 is 5.28. The minimum atomic E-state index is 0.593. The summed E-state index contributed by atoms with van der Waals surface area (Å²) in [5.41, 5.74) is 0. The van der Waals surface area contributed by atoms with Gasteiger partial charge in [0.1, 0.15) is 5.76 Å². The van der Waals surface area contributed by atoms with Crippen molar-refractivity contribution in [2.45, 2.75) is 26.4 Å². The van der Waals surface area contributed by atoms with Crippen LogP contribution in [0.25, 0.3) is 0 Å². The molecule has 0 radical (unpaired) electrons. The molecule has 0 aliphatic rings. The summed E-state index contributed by atoms with van der Waals surface area (Å²) in [6.07, 6.45) is 1.72. The van der Waals surface area contributed by atoms with Crippen molar-refractivity contribution in [3.63, 3.8) is 0 Å². The molecule has 1 aromatic heterocycles. The van der Waals surface area contributed by atoms with Gasteiger partial charge in [0.2, 0.25) is 0 Å². The third kappa shape index (κ3) is 5.67. The smallest absolute Gasteiger partial charge is 0.117 e. The van der Waals surface area contributed by atoms with Crippen LogP contribution < -0.4 is 5.32 Å². The number of rotatable bonds is 9. The number of furan rings is 1. The van der Waals surface area contributed by atoms with Crippen molar-refractivity contribution in [3.05, 3.63) is 24.2 Å². The minimum absolute atomic E-state index is 0.593. The molecule has 4 nitrogen and oxygen atoms in total. The highest BCUT2D eigenvalue weighted by Crippen LogP contribution is 2.00. The van der Waals surface area contributed by atoms with Gasteiger partial charge < -0.3 is 14.6 Å². The highest BCUT2D eigenvalue weighted by molar-refractivity contribution is 4.97. The summed E-state index contributed by atoms with van der Waals surface area (Å²) >= 11 is 0. The van der Waals surface area contributed by atoms with Gasteiger partial charge in [-0.1, -0.05) is 6.92 Å². The van der Waals surface area contributed by atoms with Crippen LogP contribution in [0.15, 0.2) is 22.8 Å². The lowest BCUT2D eigenvalue weighted by atomic mass is 10.2. The Labute approximate surface area is 111 Å². The fourth-order valence-electron chi connectivity index (χ4n) is 2.18. The van der Waals surface area contributed by atoms with Crippen molar-refractivity contribution < 1.29 is 4.42 Å². The summed E-state index contributed by atoms with van der Waals surface area (Å²) in [4.78, 5) is 4.73. The van der Waals surface area contributed by atoms with Gasteiger partial charge >= 0.3 is 0 Å². The zero-order valence-corrected chi connectivity index (χ0v) is 12.1. The maximum atomic E-state index is 5.28. The fourth-order valence-corrected chi connectivity index (χ4v) is 2.18. The Morgan fingerprint density at radius 2 is 2.17 bits per heavy atom. The Kier molecular flexibility index (Phi) is 7.01. The first-order chi connectivity index (χ1) is 8.63. The van der Waals surface area contributed by atoms with Gasteiger partial charge in [0.05, 0.1) is 12.8 Å². The predicted octanol–water partition coefficient (Wildman–Crippen LogP) is 1.64. The van der Waals surface area contributed by atoms with E-state index in [4.69, 9.17) is 4.42 Å². The van der Waals surface area contributed by atoms with E-state index in [1.165, 1.54) is 0 Å². The maximum Gasteiger partial charge on any atom is 0.117 e. The highest BCUT2D eigenvalue weighted by atomic mass is 16.3. The van der Waals surface area contributed by atoms with E-state index in [9.17, 15) is 0 Å². The van der Waals surface area contributed by atoms with Crippen LogP contribution in [0, 0.1) is 0 Å². The molecule has 1 unspecified atom stereocenters. The van der Waals surface area contributed by atoms with Crippen LogP contribution in [-0.4, -0.2) is 56.1 Å². The van der Waals surface area contributed by atoms with Crippen molar-refractivity contribution in [2.24, 2.45) is 0 Å². The Bertz CT molecular complexity index is 298. The molecule has 0 fully saturated rings. The standard InChI is InChI=1S/C14H27N3O/c1-5-17(13(2)12-16(3)4)9-8-15-11-14-7-6-10-18-14/h6-7,10,13,15H,5,8-9,11-12H2,1-4H3. The molecule has 1 N–H and O–H groups in total. The molecule has 0 spiro atoms. The monoisotopic (exact) mass is 253 g/mol. The second-order valence-corrected chi connectivity index (χ2v) is 5.00. The van der Waals surface area contributed by atoms with Gasteiger partial charge in [-0.3, -0.25) is 4.90 Å². The molecule has 1 rings (SSSR count). The van der Waals surface area contributed by atoms with E-state index in [0.29, 0.717) is 6.04 Å². The number of hydrogen-bond donors (Lipinski definition) is 1. The van der Waals surface area contributed by atoms with E-state index in [2.05, 4.69) is 43.1 Å². The van der Waals surface area contributed by atoms with Crippen LogP contribution in [0.5, 0.6) is 0 Å². The van der Waals surface area contributed by atoms with Crippen LogP contribution in [0.1, 0.15) is 19.6 Å². The summed E-state index contributed by atoms with van der Waals surface area (Å²) in [7, 11) is 4.25. The van der Waals surface area contributed by atoms with Crippen molar-refractivity contribution >= 4 is 0 Å². The third-order valence-electron chi connectivity index (χ3n) is 3.11. The van der Waals surface area contributed by atoms with Gasteiger partial charge in [-0.05, 0) is 39.7 Å². The maximum absolute atomic E-state index is 5.28. The number of likely N-dealkylation sites (N-methyl/N-ethyl adjacent to an activating group) is 2. The van der Waals surface area contributed by atoms with Crippen molar-refractivity contribution in [3.8, 4) is 0 Å². The van der Waals surface area contributed by atoms with E-state index in [1.54, 1.807) is 6.26 Å². The van der Waals surface area contributed by atoms with Crippen molar-refractivity contribution in [1.82, 2.24) is 15.1 Å². The van der Waals surface area contributed by atoms with Gasteiger partial charge in [0.15, 0.2) is 0 Å². The molecule has 18 heavy (non-hydrogen) atoms. The van der Waals surface area contributed by atoms with Gasteiger partial charge in [-0.2, -0.15) is 0 Å². The van der Waals surface area contributed by atoms with Crippen LogP contribution in [0.4, 0.5) is 0 Å². The molecule has 4 heteroatoms. The summed E-state index contributed by atoms with van der Waals surface area (Å²) in [6.45, 7) is 9.59. The molecule has 0 saturated carbocycles. The second-order valence-electron chi connectivity index (χ2n) is 5.00. The zero-order chi connectivity index (χ0) is 13.4. The first kappa shape index (κ1) is 15.2. The average molecular weight is 253 g/mol. The number of nitrogens with one attached hydrogen (secondary N) is 1. The molecule has 1 atom stereocenters. The Balaban J connectivity index is 2.18. The highest BCUT2D eigenvalue weighted by Gasteiger charge is 2.11. The van der Waals surface area contributed by atoms with E-state index in [1.807, 2.05) is 12.1 Å². The zero-order valence-electron chi connectivity index (χ0n) is 12.1. The molecule has 1 heterocycles. The molecule has 0 saturated heterocycles. The molecular formula is C14H27N3O. The van der Waals surface area contributed by atoms with Crippen molar-refractivity contribution in [2.75, 3.05) is 40.3 Å². The van der Waals surface area contributed by atoms with E-state index >= 15 is 0 Å².